The maximum absolute atomic E-state index is 13.0. The summed E-state index contributed by atoms with van der Waals surface area (Å²) in [7, 11) is 0. The molecule has 0 unspecified atom stereocenters. The molecule has 0 atom stereocenters. The quantitative estimate of drug-likeness (QED) is 0.865. The molecule has 18 heavy (non-hydrogen) atoms. The topological polar surface area (TPSA) is 25.2 Å². The third kappa shape index (κ3) is 2.98. The highest BCUT2D eigenvalue weighted by Gasteiger charge is 2.09. The van der Waals surface area contributed by atoms with E-state index in [1.54, 1.807) is 0 Å². The van der Waals surface area contributed by atoms with Crippen LogP contribution in [0.2, 0.25) is 10.0 Å². The Bertz CT molecular complexity index is 531. The van der Waals surface area contributed by atoms with E-state index in [1.165, 1.54) is 12.1 Å². The predicted molar refractivity (Wildman–Crippen MR) is 71.8 cm³/mol. The number of furan rings is 1. The van der Waals surface area contributed by atoms with Crippen molar-refractivity contribution in [3.8, 4) is 0 Å². The standard InChI is InChI=1S/C13H12Cl2FNO/c1-2-9-3-4-10(18-9)7-17-13-11(14)5-8(16)6-12(13)15/h3-6,17H,2,7H2,1H3. The highest BCUT2D eigenvalue weighted by molar-refractivity contribution is 6.39. The number of anilines is 1. The van der Waals surface area contributed by atoms with Crippen LogP contribution >= 0.6 is 23.2 Å². The highest BCUT2D eigenvalue weighted by atomic mass is 35.5. The molecule has 1 N–H and O–H groups in total. The molecule has 1 aromatic carbocycles. The van der Waals surface area contributed by atoms with Crippen LogP contribution in [-0.2, 0) is 13.0 Å². The summed E-state index contributed by atoms with van der Waals surface area (Å²) in [5, 5.41) is 3.54. The van der Waals surface area contributed by atoms with Crippen LogP contribution in [-0.4, -0.2) is 0 Å². The Morgan fingerprint density at radius 3 is 2.33 bits per heavy atom. The molecule has 2 rings (SSSR count). The first-order chi connectivity index (χ1) is 8.60. The molecular weight excluding hydrogens is 276 g/mol. The Balaban J connectivity index is 2.10. The summed E-state index contributed by atoms with van der Waals surface area (Å²) in [6.45, 7) is 2.47. The van der Waals surface area contributed by atoms with Crippen LogP contribution < -0.4 is 5.32 Å². The lowest BCUT2D eigenvalue weighted by atomic mass is 10.3. The van der Waals surface area contributed by atoms with Gasteiger partial charge in [-0.05, 0) is 24.3 Å². The van der Waals surface area contributed by atoms with Crippen molar-refractivity contribution in [2.75, 3.05) is 5.32 Å². The fraction of sp³-hybridized carbons (Fsp3) is 0.231. The van der Waals surface area contributed by atoms with E-state index in [9.17, 15) is 4.39 Å². The molecule has 0 saturated carbocycles. The van der Waals surface area contributed by atoms with Gasteiger partial charge in [0.2, 0.25) is 0 Å². The number of benzene rings is 1. The number of aryl methyl sites for hydroxylation is 1. The maximum atomic E-state index is 13.0. The summed E-state index contributed by atoms with van der Waals surface area (Å²) in [4.78, 5) is 0. The van der Waals surface area contributed by atoms with Gasteiger partial charge in [0, 0.05) is 6.42 Å². The van der Waals surface area contributed by atoms with E-state index < -0.39 is 5.82 Å². The third-order valence-corrected chi connectivity index (χ3v) is 3.11. The van der Waals surface area contributed by atoms with Crippen molar-refractivity contribution < 1.29 is 8.81 Å². The van der Waals surface area contributed by atoms with Gasteiger partial charge in [-0.2, -0.15) is 0 Å². The van der Waals surface area contributed by atoms with E-state index in [2.05, 4.69) is 5.32 Å². The van der Waals surface area contributed by atoms with Crippen molar-refractivity contribution in [3.63, 3.8) is 0 Å². The molecule has 0 saturated heterocycles. The first kappa shape index (κ1) is 13.2. The van der Waals surface area contributed by atoms with Crippen LogP contribution in [0.25, 0.3) is 0 Å². The number of hydrogen-bond donors (Lipinski definition) is 1. The number of halogens is 3. The fourth-order valence-electron chi connectivity index (χ4n) is 1.59. The van der Waals surface area contributed by atoms with Gasteiger partial charge in [-0.25, -0.2) is 4.39 Å². The van der Waals surface area contributed by atoms with Gasteiger partial charge >= 0.3 is 0 Å². The third-order valence-electron chi connectivity index (χ3n) is 2.51. The summed E-state index contributed by atoms with van der Waals surface area (Å²) >= 11 is 11.8. The van der Waals surface area contributed by atoms with Crippen LogP contribution in [0.15, 0.2) is 28.7 Å². The molecule has 0 aliphatic rings. The molecule has 2 aromatic rings. The molecule has 0 aliphatic heterocycles. The van der Waals surface area contributed by atoms with Gasteiger partial charge in [0.15, 0.2) is 0 Å². The Labute approximate surface area is 115 Å². The van der Waals surface area contributed by atoms with Gasteiger partial charge in [0.05, 0.1) is 22.3 Å². The normalized spacial score (nSPS) is 10.7. The van der Waals surface area contributed by atoms with E-state index in [4.69, 9.17) is 27.6 Å². The zero-order valence-electron chi connectivity index (χ0n) is 9.77. The molecule has 96 valence electrons. The van der Waals surface area contributed by atoms with Crippen molar-refractivity contribution in [2.45, 2.75) is 19.9 Å². The minimum atomic E-state index is -0.457. The van der Waals surface area contributed by atoms with Crippen LogP contribution in [0, 0.1) is 5.82 Å². The van der Waals surface area contributed by atoms with Gasteiger partial charge in [-0.15, -0.1) is 0 Å². The van der Waals surface area contributed by atoms with Crippen LogP contribution in [0.5, 0.6) is 0 Å². The molecule has 0 spiro atoms. The zero-order valence-corrected chi connectivity index (χ0v) is 11.3. The second-order valence-electron chi connectivity index (χ2n) is 3.82. The minimum Gasteiger partial charge on any atom is -0.464 e. The van der Waals surface area contributed by atoms with Crippen LogP contribution in [0.3, 0.4) is 0 Å². The van der Waals surface area contributed by atoms with Crippen molar-refractivity contribution in [3.05, 3.63) is 51.6 Å². The smallest absolute Gasteiger partial charge is 0.126 e. The van der Waals surface area contributed by atoms with Crippen molar-refractivity contribution in [1.29, 1.82) is 0 Å². The number of nitrogens with one attached hydrogen (secondary N) is 1. The fourth-order valence-corrected chi connectivity index (χ4v) is 2.19. The second-order valence-corrected chi connectivity index (χ2v) is 4.63. The molecule has 0 fully saturated rings. The molecule has 0 amide bonds. The monoisotopic (exact) mass is 287 g/mol. The highest BCUT2D eigenvalue weighted by Crippen LogP contribution is 2.31. The maximum Gasteiger partial charge on any atom is 0.126 e. The summed E-state index contributed by atoms with van der Waals surface area (Å²) in [5.41, 5.74) is 0.509. The lowest BCUT2D eigenvalue weighted by Gasteiger charge is -2.09. The Morgan fingerprint density at radius 2 is 1.78 bits per heavy atom. The first-order valence-corrected chi connectivity index (χ1v) is 6.31. The van der Waals surface area contributed by atoms with Gasteiger partial charge in [0.1, 0.15) is 17.3 Å². The van der Waals surface area contributed by atoms with E-state index in [0.29, 0.717) is 12.2 Å². The summed E-state index contributed by atoms with van der Waals surface area (Å²) in [6.07, 6.45) is 0.845. The van der Waals surface area contributed by atoms with E-state index in [-0.39, 0.29) is 10.0 Å². The second kappa shape index (κ2) is 5.63. The zero-order chi connectivity index (χ0) is 13.1. The van der Waals surface area contributed by atoms with Crippen molar-refractivity contribution >= 4 is 28.9 Å². The molecular formula is C13H12Cl2FNO. The summed E-state index contributed by atoms with van der Waals surface area (Å²) < 4.78 is 18.5. The van der Waals surface area contributed by atoms with Crippen molar-refractivity contribution in [1.82, 2.24) is 0 Å². The minimum absolute atomic E-state index is 0.252. The molecule has 0 aliphatic carbocycles. The molecule has 0 bridgehead atoms. The van der Waals surface area contributed by atoms with Gasteiger partial charge in [-0.1, -0.05) is 30.1 Å². The van der Waals surface area contributed by atoms with Crippen molar-refractivity contribution in [2.24, 2.45) is 0 Å². The average molecular weight is 288 g/mol. The lowest BCUT2D eigenvalue weighted by Crippen LogP contribution is -2.00. The van der Waals surface area contributed by atoms with E-state index in [0.717, 1.165) is 17.9 Å². The van der Waals surface area contributed by atoms with Gasteiger partial charge in [-0.3, -0.25) is 0 Å². The SMILES string of the molecule is CCc1ccc(CNc2c(Cl)cc(F)cc2Cl)o1. The van der Waals surface area contributed by atoms with Crippen LogP contribution in [0.4, 0.5) is 10.1 Å². The van der Waals surface area contributed by atoms with Crippen LogP contribution in [0.1, 0.15) is 18.4 Å². The molecule has 1 heterocycles. The summed E-state index contributed by atoms with van der Waals surface area (Å²) in [6, 6.07) is 6.24. The Hall–Kier alpha value is -1.19. The largest absolute Gasteiger partial charge is 0.464 e. The van der Waals surface area contributed by atoms with E-state index in [1.807, 2.05) is 19.1 Å². The molecule has 5 heteroatoms. The molecule has 0 radical (unpaired) electrons. The Morgan fingerprint density at radius 1 is 1.17 bits per heavy atom. The predicted octanol–water partition coefficient (Wildman–Crippen LogP) is 4.90. The number of rotatable bonds is 4. The van der Waals surface area contributed by atoms with Gasteiger partial charge < -0.3 is 9.73 Å². The lowest BCUT2D eigenvalue weighted by molar-refractivity contribution is 0.476. The van der Waals surface area contributed by atoms with E-state index >= 15 is 0 Å². The number of hydrogen-bond acceptors (Lipinski definition) is 2. The average Bonchev–Trinajstić information content (AvgIpc) is 2.75. The molecule has 2 nitrogen and oxygen atoms in total. The first-order valence-electron chi connectivity index (χ1n) is 5.56. The van der Waals surface area contributed by atoms with Gasteiger partial charge in [0.25, 0.3) is 0 Å². The Kier molecular flexibility index (Phi) is 4.15. The molecule has 1 aromatic heterocycles. The summed E-state index contributed by atoms with van der Waals surface area (Å²) in [5.74, 6) is 1.24.